The number of carbonyl (C=O) groups is 2. The Balaban J connectivity index is 1.47. The molecule has 130 valence electrons. The van der Waals surface area contributed by atoms with E-state index >= 15 is 0 Å². The number of nitrogens with one attached hydrogen (secondary N) is 2. The number of piperidine rings is 1. The summed E-state index contributed by atoms with van der Waals surface area (Å²) in [6, 6.07) is 6.39. The standard InChI is InChI=1S/C18H24FN3O2/c1-12(14-3-2-4-15(19)11-14)20-17(23)13-7-9-22(10-8-13)18(24)21-16-5-6-16/h2-4,11-13,16H,5-10H2,1H3,(H,20,23)(H,21,24)/t12-/m1/s1. The summed E-state index contributed by atoms with van der Waals surface area (Å²) in [4.78, 5) is 26.2. The molecular weight excluding hydrogens is 309 g/mol. The SMILES string of the molecule is C[C@@H](NC(=O)C1CCN(C(=O)NC2CC2)CC1)c1cccc(F)c1. The van der Waals surface area contributed by atoms with Gasteiger partial charge in [0.05, 0.1) is 6.04 Å². The second kappa shape index (κ2) is 7.20. The van der Waals surface area contributed by atoms with E-state index in [1.807, 2.05) is 6.92 Å². The van der Waals surface area contributed by atoms with Gasteiger partial charge in [0.25, 0.3) is 0 Å². The minimum absolute atomic E-state index is 0.00973. The maximum Gasteiger partial charge on any atom is 0.317 e. The van der Waals surface area contributed by atoms with Crippen molar-refractivity contribution in [3.05, 3.63) is 35.6 Å². The van der Waals surface area contributed by atoms with Crippen LogP contribution in [-0.2, 0) is 4.79 Å². The van der Waals surface area contributed by atoms with Gasteiger partial charge in [-0.15, -0.1) is 0 Å². The van der Waals surface area contributed by atoms with Crippen molar-refractivity contribution >= 4 is 11.9 Å². The Labute approximate surface area is 141 Å². The number of nitrogens with zero attached hydrogens (tertiary/aromatic N) is 1. The predicted octanol–water partition coefficient (Wildman–Crippen LogP) is 2.59. The Bertz CT molecular complexity index is 610. The number of amides is 3. The van der Waals surface area contributed by atoms with Crippen LogP contribution in [0.2, 0.25) is 0 Å². The Morgan fingerprint density at radius 3 is 2.54 bits per heavy atom. The highest BCUT2D eigenvalue weighted by molar-refractivity contribution is 5.80. The fraction of sp³-hybridized carbons (Fsp3) is 0.556. The van der Waals surface area contributed by atoms with E-state index in [9.17, 15) is 14.0 Å². The molecule has 3 amide bonds. The van der Waals surface area contributed by atoms with Crippen LogP contribution in [0.15, 0.2) is 24.3 Å². The molecule has 2 aliphatic rings. The molecule has 1 heterocycles. The van der Waals surface area contributed by atoms with E-state index in [4.69, 9.17) is 0 Å². The monoisotopic (exact) mass is 333 g/mol. The number of hydrogen-bond donors (Lipinski definition) is 2. The summed E-state index contributed by atoms with van der Waals surface area (Å²) in [6.07, 6.45) is 3.48. The highest BCUT2D eigenvalue weighted by Crippen LogP contribution is 2.22. The molecule has 2 N–H and O–H groups in total. The molecule has 1 aliphatic heterocycles. The van der Waals surface area contributed by atoms with E-state index in [1.54, 1.807) is 17.0 Å². The zero-order valence-electron chi connectivity index (χ0n) is 13.9. The number of urea groups is 1. The van der Waals surface area contributed by atoms with Crippen molar-refractivity contribution < 1.29 is 14.0 Å². The third-order valence-corrected chi connectivity index (χ3v) is 4.77. The van der Waals surface area contributed by atoms with Crippen molar-refractivity contribution in [2.75, 3.05) is 13.1 Å². The first-order valence-corrected chi connectivity index (χ1v) is 8.64. The van der Waals surface area contributed by atoms with Gasteiger partial charge in [0, 0.05) is 25.0 Å². The van der Waals surface area contributed by atoms with Crippen LogP contribution in [0.25, 0.3) is 0 Å². The van der Waals surface area contributed by atoms with Crippen LogP contribution in [0, 0.1) is 11.7 Å². The van der Waals surface area contributed by atoms with Crippen LogP contribution in [0.5, 0.6) is 0 Å². The van der Waals surface area contributed by atoms with Gasteiger partial charge in [-0.05, 0) is 50.3 Å². The topological polar surface area (TPSA) is 61.4 Å². The first kappa shape index (κ1) is 16.7. The van der Waals surface area contributed by atoms with Crippen molar-refractivity contribution in [2.45, 2.75) is 44.7 Å². The van der Waals surface area contributed by atoms with Crippen molar-refractivity contribution in [3.8, 4) is 0 Å². The number of rotatable bonds is 4. The van der Waals surface area contributed by atoms with Gasteiger partial charge < -0.3 is 15.5 Å². The van der Waals surface area contributed by atoms with Gasteiger partial charge in [-0.2, -0.15) is 0 Å². The molecular formula is C18H24FN3O2. The molecule has 1 saturated heterocycles. The number of hydrogen-bond acceptors (Lipinski definition) is 2. The molecule has 6 heteroatoms. The van der Waals surface area contributed by atoms with E-state index < -0.39 is 0 Å². The average Bonchev–Trinajstić information content (AvgIpc) is 3.39. The third-order valence-electron chi connectivity index (χ3n) is 4.77. The van der Waals surface area contributed by atoms with Crippen molar-refractivity contribution in [2.24, 2.45) is 5.92 Å². The molecule has 2 fully saturated rings. The normalized spacial score (nSPS) is 19.7. The molecule has 1 aromatic rings. The second-order valence-corrected chi connectivity index (χ2v) is 6.77. The fourth-order valence-corrected chi connectivity index (χ4v) is 3.03. The van der Waals surface area contributed by atoms with Crippen LogP contribution < -0.4 is 10.6 Å². The van der Waals surface area contributed by atoms with Gasteiger partial charge >= 0.3 is 6.03 Å². The van der Waals surface area contributed by atoms with Gasteiger partial charge in [0.1, 0.15) is 5.82 Å². The van der Waals surface area contributed by atoms with Gasteiger partial charge in [-0.25, -0.2) is 9.18 Å². The van der Waals surface area contributed by atoms with Crippen molar-refractivity contribution in [1.29, 1.82) is 0 Å². The van der Waals surface area contributed by atoms with E-state index in [0.717, 1.165) is 18.4 Å². The lowest BCUT2D eigenvalue weighted by atomic mass is 9.95. The number of carbonyl (C=O) groups excluding carboxylic acids is 2. The average molecular weight is 333 g/mol. The molecule has 1 atom stereocenters. The molecule has 0 radical (unpaired) electrons. The minimum atomic E-state index is -0.302. The fourth-order valence-electron chi connectivity index (χ4n) is 3.03. The third kappa shape index (κ3) is 4.24. The summed E-state index contributed by atoms with van der Waals surface area (Å²) in [5.41, 5.74) is 0.754. The first-order valence-electron chi connectivity index (χ1n) is 8.64. The van der Waals surface area contributed by atoms with Crippen LogP contribution in [-0.4, -0.2) is 36.0 Å². The molecule has 24 heavy (non-hydrogen) atoms. The Hall–Kier alpha value is -2.11. The van der Waals surface area contributed by atoms with Gasteiger partial charge in [0.15, 0.2) is 0 Å². The summed E-state index contributed by atoms with van der Waals surface area (Å²) in [6.45, 7) is 3.06. The van der Waals surface area contributed by atoms with Crippen LogP contribution in [0.4, 0.5) is 9.18 Å². The summed E-state index contributed by atoms with van der Waals surface area (Å²) in [5, 5.41) is 5.93. The minimum Gasteiger partial charge on any atom is -0.349 e. The van der Waals surface area contributed by atoms with Gasteiger partial charge in [-0.1, -0.05) is 12.1 Å². The molecule has 5 nitrogen and oxygen atoms in total. The van der Waals surface area contributed by atoms with Gasteiger partial charge in [-0.3, -0.25) is 4.79 Å². The van der Waals surface area contributed by atoms with Gasteiger partial charge in [0.2, 0.25) is 5.91 Å². The van der Waals surface area contributed by atoms with Crippen LogP contribution in [0.1, 0.15) is 44.2 Å². The number of likely N-dealkylation sites (tertiary alicyclic amines) is 1. The summed E-state index contributed by atoms with van der Waals surface area (Å²) in [5.74, 6) is -0.413. The zero-order chi connectivity index (χ0) is 17.1. The highest BCUT2D eigenvalue weighted by Gasteiger charge is 2.30. The highest BCUT2D eigenvalue weighted by atomic mass is 19.1. The lowest BCUT2D eigenvalue weighted by Crippen LogP contribution is -2.47. The lowest BCUT2D eigenvalue weighted by Gasteiger charge is -2.32. The van der Waals surface area contributed by atoms with E-state index in [1.165, 1.54) is 12.1 Å². The molecule has 3 rings (SSSR count). The lowest BCUT2D eigenvalue weighted by molar-refractivity contribution is -0.126. The van der Waals surface area contributed by atoms with Crippen molar-refractivity contribution in [1.82, 2.24) is 15.5 Å². The molecule has 1 aliphatic carbocycles. The van der Waals surface area contributed by atoms with Crippen molar-refractivity contribution in [3.63, 3.8) is 0 Å². The number of halogens is 1. The summed E-state index contributed by atoms with van der Waals surface area (Å²) >= 11 is 0. The quantitative estimate of drug-likeness (QED) is 0.890. The Morgan fingerprint density at radius 2 is 1.92 bits per heavy atom. The second-order valence-electron chi connectivity index (χ2n) is 6.77. The van der Waals surface area contributed by atoms with Crippen LogP contribution in [0.3, 0.4) is 0 Å². The van der Waals surface area contributed by atoms with E-state index in [2.05, 4.69) is 10.6 Å². The maximum absolute atomic E-state index is 13.3. The summed E-state index contributed by atoms with van der Waals surface area (Å²) < 4.78 is 13.3. The largest absolute Gasteiger partial charge is 0.349 e. The maximum atomic E-state index is 13.3. The van der Waals surface area contributed by atoms with Crippen LogP contribution >= 0.6 is 0 Å². The molecule has 0 aromatic heterocycles. The molecule has 0 spiro atoms. The molecule has 1 aromatic carbocycles. The Kier molecular flexibility index (Phi) is 5.02. The summed E-state index contributed by atoms with van der Waals surface area (Å²) in [7, 11) is 0. The number of benzene rings is 1. The zero-order valence-corrected chi connectivity index (χ0v) is 13.9. The Morgan fingerprint density at radius 1 is 1.21 bits per heavy atom. The molecule has 0 bridgehead atoms. The first-order chi connectivity index (χ1) is 11.5. The smallest absolute Gasteiger partial charge is 0.317 e. The molecule has 1 saturated carbocycles. The van der Waals surface area contributed by atoms with E-state index in [-0.39, 0.29) is 29.7 Å². The predicted molar refractivity (Wildman–Crippen MR) is 88.8 cm³/mol. The molecule has 0 unspecified atom stereocenters. The van der Waals surface area contributed by atoms with E-state index in [0.29, 0.717) is 32.0 Å².